The topological polar surface area (TPSA) is 88.2 Å². The monoisotopic (exact) mass is 483 g/mol. The van der Waals surface area contributed by atoms with Crippen LogP contribution in [0.2, 0.25) is 5.15 Å². The number of nitrogens with one attached hydrogen (secondary N) is 1. The van der Waals surface area contributed by atoms with E-state index in [1.165, 1.54) is 29.7 Å². The molecule has 0 aliphatic heterocycles. The maximum absolute atomic E-state index is 8.36. The zero-order chi connectivity index (χ0) is 20.1. The first-order valence-corrected chi connectivity index (χ1v) is 11.2. The molecule has 0 saturated heterocycles. The largest absolute Gasteiger partial charge is 0.483 e. The molecule has 0 radical (unpaired) electrons. The number of nitrogens with two attached hydrogens (primary N) is 1. The van der Waals surface area contributed by atoms with Gasteiger partial charge in [0.2, 0.25) is 0 Å². The van der Waals surface area contributed by atoms with Crippen molar-refractivity contribution < 1.29 is 9.90 Å². The molecular formula is C20H23BrClN3O2S. The van der Waals surface area contributed by atoms with E-state index in [2.05, 4.69) is 44.5 Å². The van der Waals surface area contributed by atoms with Gasteiger partial charge in [-0.2, -0.15) is 0 Å². The van der Waals surface area contributed by atoms with Crippen molar-refractivity contribution in [3.05, 3.63) is 44.4 Å². The third kappa shape index (κ3) is 4.76. The summed E-state index contributed by atoms with van der Waals surface area (Å²) in [5.74, 6) is 0.336. The van der Waals surface area contributed by atoms with E-state index in [-0.39, 0.29) is 12.5 Å². The molecule has 2 aliphatic rings. The predicted molar refractivity (Wildman–Crippen MR) is 121 cm³/mol. The molecule has 2 aliphatic carbocycles. The second-order valence-corrected chi connectivity index (χ2v) is 9.11. The minimum absolute atomic E-state index is 0.157. The van der Waals surface area contributed by atoms with Crippen LogP contribution >= 0.6 is 38.9 Å². The van der Waals surface area contributed by atoms with E-state index in [1.807, 2.05) is 6.07 Å². The second kappa shape index (κ2) is 9.87. The highest BCUT2D eigenvalue weighted by Gasteiger charge is 2.27. The molecule has 2 aromatic heterocycles. The summed E-state index contributed by atoms with van der Waals surface area (Å²) >= 11 is 11.9. The molecule has 0 spiro atoms. The summed E-state index contributed by atoms with van der Waals surface area (Å²) in [5, 5.41) is 11.0. The average molecular weight is 485 g/mol. The smallest absolute Gasteiger partial charge is 0.290 e. The summed E-state index contributed by atoms with van der Waals surface area (Å²) in [5.41, 5.74) is 9.87. The van der Waals surface area contributed by atoms with Gasteiger partial charge in [0, 0.05) is 29.4 Å². The van der Waals surface area contributed by atoms with Gasteiger partial charge < -0.3 is 16.2 Å². The zero-order valence-electron chi connectivity index (χ0n) is 15.3. The van der Waals surface area contributed by atoms with Crippen molar-refractivity contribution in [2.75, 3.05) is 11.9 Å². The molecule has 0 aromatic carbocycles. The van der Waals surface area contributed by atoms with Crippen molar-refractivity contribution in [2.45, 2.75) is 44.1 Å². The zero-order valence-corrected chi connectivity index (χ0v) is 18.5. The molecule has 5 nitrogen and oxygen atoms in total. The number of nitrogens with zero attached hydrogens (tertiary/aromatic N) is 1. The second-order valence-electron chi connectivity index (χ2n) is 6.88. The van der Waals surface area contributed by atoms with Crippen molar-refractivity contribution in [3.63, 3.8) is 0 Å². The maximum Gasteiger partial charge on any atom is 0.290 e. The predicted octanol–water partition coefficient (Wildman–Crippen LogP) is 5.70. The Labute approximate surface area is 181 Å². The minimum atomic E-state index is -0.250. The normalized spacial score (nSPS) is 21.2. The van der Waals surface area contributed by atoms with Crippen molar-refractivity contribution >= 4 is 61.2 Å². The van der Waals surface area contributed by atoms with Gasteiger partial charge in [-0.3, -0.25) is 4.79 Å². The lowest BCUT2D eigenvalue weighted by molar-refractivity contribution is -0.122. The molecule has 2 atom stereocenters. The van der Waals surface area contributed by atoms with Gasteiger partial charge >= 0.3 is 0 Å². The Balaban J connectivity index is 0.000000706. The number of pyridine rings is 1. The van der Waals surface area contributed by atoms with Gasteiger partial charge in [-0.25, -0.2) is 4.98 Å². The molecule has 0 bridgehead atoms. The lowest BCUT2D eigenvalue weighted by Gasteiger charge is -2.24. The van der Waals surface area contributed by atoms with Crippen LogP contribution in [0.1, 0.15) is 42.9 Å². The summed E-state index contributed by atoms with van der Waals surface area (Å²) in [6, 6.07) is 2.09. The lowest BCUT2D eigenvalue weighted by atomic mass is 9.88. The first-order chi connectivity index (χ1) is 13.5. The Hall–Kier alpha value is -1.41. The number of rotatable bonds is 4. The van der Waals surface area contributed by atoms with Crippen molar-refractivity contribution in [1.82, 2.24) is 4.98 Å². The van der Waals surface area contributed by atoms with Crippen LogP contribution in [0, 0.1) is 0 Å². The van der Waals surface area contributed by atoms with Crippen LogP contribution in [0.5, 0.6) is 0 Å². The first kappa shape index (κ1) is 21.3. The minimum Gasteiger partial charge on any atom is -0.483 e. The molecule has 8 heteroatoms. The van der Waals surface area contributed by atoms with E-state index in [0.717, 1.165) is 39.8 Å². The molecule has 0 unspecified atom stereocenters. The average Bonchev–Trinajstić information content (AvgIpc) is 3.30. The molecule has 0 fully saturated rings. The number of fused-ring (bicyclic) bond motifs is 1. The molecule has 2 aromatic rings. The van der Waals surface area contributed by atoms with Gasteiger partial charge in [-0.05, 0) is 48.0 Å². The molecule has 2 heterocycles. The Morgan fingerprint density at radius 2 is 2.18 bits per heavy atom. The quantitative estimate of drug-likeness (QED) is 0.294. The van der Waals surface area contributed by atoms with Gasteiger partial charge in [0.15, 0.2) is 0 Å². The highest BCUT2D eigenvalue weighted by molar-refractivity contribution is 9.10. The van der Waals surface area contributed by atoms with Crippen molar-refractivity contribution in [2.24, 2.45) is 5.73 Å². The van der Waals surface area contributed by atoms with Crippen LogP contribution in [0.25, 0.3) is 10.2 Å². The van der Waals surface area contributed by atoms with E-state index >= 15 is 0 Å². The number of carboxylic acid groups (broad SMARTS) is 1. The van der Waals surface area contributed by atoms with E-state index in [0.29, 0.717) is 11.1 Å². The van der Waals surface area contributed by atoms with E-state index < -0.39 is 0 Å². The number of allylic oxidation sites excluding steroid dienone is 2. The van der Waals surface area contributed by atoms with Crippen LogP contribution in [-0.2, 0) is 4.79 Å². The molecule has 150 valence electrons. The standard InChI is InChI=1S/C19H21BrClN3S.CH2O2/c20-16-17-19(25-18(16)12-7-3-4-8-13(12)22)14(9-15(21)24-17)23-10-11-5-1-2-6-11;2-1-3/h3-5,9,12-13H,1-2,6-8,10,22H2,(H,23,24);1H,(H,2,3)/t12-,13-;/m0./s1. The van der Waals surface area contributed by atoms with Crippen LogP contribution in [0.15, 0.2) is 34.3 Å². The molecular weight excluding hydrogens is 462 g/mol. The highest BCUT2D eigenvalue weighted by atomic mass is 79.9. The Kier molecular flexibility index (Phi) is 7.51. The van der Waals surface area contributed by atoms with Crippen LogP contribution in [0.4, 0.5) is 5.69 Å². The number of hydrogen-bond donors (Lipinski definition) is 3. The SMILES string of the molecule is N[C@H]1CC=CC[C@@H]1c1sc2c(NCC3=CCCC3)cc(Cl)nc2c1Br.O=CO. The van der Waals surface area contributed by atoms with Crippen LogP contribution < -0.4 is 11.1 Å². The van der Waals surface area contributed by atoms with Crippen molar-refractivity contribution in [1.29, 1.82) is 0 Å². The fourth-order valence-electron chi connectivity index (χ4n) is 3.64. The molecule has 4 rings (SSSR count). The number of thiophene rings is 1. The molecule has 0 amide bonds. The number of carbonyl (C=O) groups is 1. The van der Waals surface area contributed by atoms with Gasteiger partial charge in [0.25, 0.3) is 6.47 Å². The fourth-order valence-corrected chi connectivity index (χ4v) is 6.10. The molecule has 4 N–H and O–H groups in total. The van der Waals surface area contributed by atoms with Crippen molar-refractivity contribution in [3.8, 4) is 0 Å². The summed E-state index contributed by atoms with van der Waals surface area (Å²) in [6.07, 6.45) is 12.3. The molecule has 0 saturated carbocycles. The first-order valence-electron chi connectivity index (χ1n) is 9.23. The summed E-state index contributed by atoms with van der Waals surface area (Å²) in [6.45, 7) is 0.631. The van der Waals surface area contributed by atoms with Gasteiger partial charge in [0.05, 0.1) is 20.4 Å². The van der Waals surface area contributed by atoms with Crippen LogP contribution in [0.3, 0.4) is 0 Å². The van der Waals surface area contributed by atoms with Gasteiger partial charge in [-0.15, -0.1) is 11.3 Å². The van der Waals surface area contributed by atoms with E-state index in [4.69, 9.17) is 27.2 Å². The van der Waals surface area contributed by atoms with Gasteiger partial charge in [0.1, 0.15) is 5.15 Å². The van der Waals surface area contributed by atoms with E-state index in [9.17, 15) is 0 Å². The Morgan fingerprint density at radius 1 is 1.43 bits per heavy atom. The summed E-state index contributed by atoms with van der Waals surface area (Å²) in [4.78, 5) is 14.2. The van der Waals surface area contributed by atoms with Crippen LogP contribution in [-0.4, -0.2) is 29.1 Å². The number of hydrogen-bond acceptors (Lipinski definition) is 5. The number of anilines is 1. The molecule has 28 heavy (non-hydrogen) atoms. The summed E-state index contributed by atoms with van der Waals surface area (Å²) in [7, 11) is 0. The third-order valence-corrected chi connectivity index (χ3v) is 7.64. The summed E-state index contributed by atoms with van der Waals surface area (Å²) < 4.78 is 2.21. The number of halogens is 2. The maximum atomic E-state index is 8.36. The van der Waals surface area contributed by atoms with Gasteiger partial charge in [-0.1, -0.05) is 35.4 Å². The Morgan fingerprint density at radius 3 is 2.86 bits per heavy atom. The highest BCUT2D eigenvalue weighted by Crippen LogP contribution is 2.45. The lowest BCUT2D eigenvalue weighted by Crippen LogP contribution is -2.29. The Bertz CT molecular complexity index is 912. The fraction of sp³-hybridized carbons (Fsp3) is 0.400. The third-order valence-electron chi connectivity index (χ3n) is 5.04. The number of aromatic nitrogens is 1. The van der Waals surface area contributed by atoms with E-state index in [1.54, 1.807) is 11.3 Å².